The Labute approximate surface area is 192 Å². The number of amides is 1. The predicted molar refractivity (Wildman–Crippen MR) is 121 cm³/mol. The number of alkyl halides is 1. The Balaban J connectivity index is 1.40. The Kier molecular flexibility index (Phi) is 4.23. The van der Waals surface area contributed by atoms with Crippen molar-refractivity contribution >= 4 is 45.6 Å². The van der Waals surface area contributed by atoms with Gasteiger partial charge in [0, 0.05) is 30.2 Å². The minimum absolute atomic E-state index is 0.0354. The van der Waals surface area contributed by atoms with E-state index >= 15 is 4.39 Å². The number of fused-ring (bicyclic) bond motifs is 2. The molecule has 3 aromatic heterocycles. The molecule has 170 valence electrons. The van der Waals surface area contributed by atoms with E-state index in [0.29, 0.717) is 52.4 Å². The lowest BCUT2D eigenvalue weighted by atomic mass is 9.83. The Hall–Kier alpha value is -3.27. The first-order chi connectivity index (χ1) is 15.7. The summed E-state index contributed by atoms with van der Waals surface area (Å²) in [7, 11) is 0. The van der Waals surface area contributed by atoms with Crippen LogP contribution in [0.25, 0.3) is 27.8 Å². The van der Waals surface area contributed by atoms with Crippen LogP contribution in [-0.2, 0) is 4.79 Å². The van der Waals surface area contributed by atoms with Crippen molar-refractivity contribution in [3.63, 3.8) is 0 Å². The molecule has 1 saturated heterocycles. The van der Waals surface area contributed by atoms with Crippen molar-refractivity contribution in [3.05, 3.63) is 35.6 Å². The number of carbonyl (C=O) groups excluding carboxylic acids is 1. The Bertz CT molecular complexity index is 1440. The summed E-state index contributed by atoms with van der Waals surface area (Å²) in [5.74, 6) is -1.24. The van der Waals surface area contributed by atoms with Gasteiger partial charge in [-0.1, -0.05) is 25.4 Å². The molecule has 1 amide bonds. The minimum Gasteiger partial charge on any atom is -0.366 e. The molecule has 4 aromatic rings. The summed E-state index contributed by atoms with van der Waals surface area (Å²) in [6.07, 6.45) is 5.52. The maximum absolute atomic E-state index is 15.5. The average Bonchev–Trinajstić information content (AvgIpc) is 3.11. The third-order valence-electron chi connectivity index (χ3n) is 6.22. The van der Waals surface area contributed by atoms with Crippen molar-refractivity contribution in [1.82, 2.24) is 24.6 Å². The van der Waals surface area contributed by atoms with E-state index in [1.54, 1.807) is 23.0 Å². The fraction of sp³-hybridized carbons (Fsp3) is 0.364. The van der Waals surface area contributed by atoms with Crippen molar-refractivity contribution < 1.29 is 13.6 Å². The molecule has 2 atom stereocenters. The third-order valence-corrected chi connectivity index (χ3v) is 6.57. The van der Waals surface area contributed by atoms with E-state index in [4.69, 9.17) is 11.6 Å². The zero-order chi connectivity index (χ0) is 23.1. The SMILES string of the molecule is CC1(C)CN(c2c(F)c(Cl)c(-c3cn4cc(NC(=O)[C@@H]5C[C@@H]5F)nc4cn3)c3cn[nH]c23)C1. The van der Waals surface area contributed by atoms with E-state index in [1.165, 1.54) is 6.20 Å². The van der Waals surface area contributed by atoms with Crippen molar-refractivity contribution in [2.75, 3.05) is 23.3 Å². The van der Waals surface area contributed by atoms with Gasteiger partial charge in [0.05, 0.1) is 40.7 Å². The van der Waals surface area contributed by atoms with Crippen molar-refractivity contribution in [2.45, 2.75) is 26.4 Å². The van der Waals surface area contributed by atoms with Gasteiger partial charge < -0.3 is 14.6 Å². The number of hydrogen-bond donors (Lipinski definition) is 2. The molecule has 2 aliphatic rings. The average molecular weight is 472 g/mol. The molecule has 33 heavy (non-hydrogen) atoms. The number of aromatic amines is 1. The number of anilines is 2. The number of aromatic nitrogens is 5. The van der Waals surface area contributed by atoms with Crippen molar-refractivity contribution in [3.8, 4) is 11.3 Å². The van der Waals surface area contributed by atoms with Gasteiger partial charge in [-0.25, -0.2) is 13.8 Å². The van der Waals surface area contributed by atoms with Gasteiger partial charge in [0.25, 0.3) is 0 Å². The number of benzene rings is 1. The maximum atomic E-state index is 15.5. The van der Waals surface area contributed by atoms with Gasteiger partial charge in [-0.05, 0) is 11.8 Å². The number of nitrogens with one attached hydrogen (secondary N) is 2. The van der Waals surface area contributed by atoms with Crippen LogP contribution in [0.4, 0.5) is 20.3 Å². The van der Waals surface area contributed by atoms with Crippen LogP contribution in [-0.4, -0.2) is 49.7 Å². The smallest absolute Gasteiger partial charge is 0.231 e. The number of rotatable bonds is 4. The van der Waals surface area contributed by atoms with Gasteiger partial charge in [0.15, 0.2) is 17.3 Å². The quantitative estimate of drug-likeness (QED) is 0.465. The van der Waals surface area contributed by atoms with E-state index in [2.05, 4.69) is 39.3 Å². The number of hydrogen-bond acceptors (Lipinski definition) is 5. The monoisotopic (exact) mass is 471 g/mol. The molecule has 0 spiro atoms. The van der Waals surface area contributed by atoms with E-state index < -0.39 is 23.8 Å². The summed E-state index contributed by atoms with van der Waals surface area (Å²) < 4.78 is 30.3. The molecule has 8 nitrogen and oxygen atoms in total. The van der Waals surface area contributed by atoms with E-state index in [9.17, 15) is 9.18 Å². The number of H-pyrrole nitrogens is 1. The predicted octanol–water partition coefficient (Wildman–Crippen LogP) is 4.21. The van der Waals surface area contributed by atoms with Crippen molar-refractivity contribution in [1.29, 1.82) is 0 Å². The second-order valence-corrected chi connectivity index (χ2v) is 9.92. The highest BCUT2D eigenvalue weighted by Gasteiger charge is 2.44. The Morgan fingerprint density at radius 3 is 2.76 bits per heavy atom. The maximum Gasteiger partial charge on any atom is 0.231 e. The van der Waals surface area contributed by atoms with Gasteiger partial charge in [0.1, 0.15) is 11.9 Å². The molecule has 1 aliphatic heterocycles. The number of carbonyl (C=O) groups is 1. The van der Waals surface area contributed by atoms with Crippen LogP contribution in [0.2, 0.25) is 5.02 Å². The summed E-state index contributed by atoms with van der Waals surface area (Å²) in [6.45, 7) is 5.68. The molecule has 0 unspecified atom stereocenters. The molecular weight excluding hydrogens is 452 g/mol. The lowest BCUT2D eigenvalue weighted by Crippen LogP contribution is -2.53. The minimum atomic E-state index is -1.09. The fourth-order valence-electron chi connectivity index (χ4n) is 4.53. The molecule has 1 aromatic carbocycles. The van der Waals surface area contributed by atoms with E-state index in [1.807, 2.05) is 4.90 Å². The van der Waals surface area contributed by atoms with E-state index in [-0.39, 0.29) is 16.9 Å². The summed E-state index contributed by atoms with van der Waals surface area (Å²) >= 11 is 6.54. The number of halogens is 3. The highest BCUT2D eigenvalue weighted by molar-refractivity contribution is 6.36. The zero-order valence-electron chi connectivity index (χ0n) is 17.9. The topological polar surface area (TPSA) is 91.2 Å². The fourth-order valence-corrected chi connectivity index (χ4v) is 4.82. The molecular formula is C22H20ClF2N7O. The lowest BCUT2D eigenvalue weighted by Gasteiger charge is -2.47. The van der Waals surface area contributed by atoms with Gasteiger partial charge in [-0.2, -0.15) is 5.10 Å². The first-order valence-corrected chi connectivity index (χ1v) is 11.0. The van der Waals surface area contributed by atoms with Crippen molar-refractivity contribution in [2.24, 2.45) is 11.3 Å². The highest BCUT2D eigenvalue weighted by Crippen LogP contribution is 2.45. The Morgan fingerprint density at radius 2 is 2.06 bits per heavy atom. The molecule has 1 aliphatic carbocycles. The van der Waals surface area contributed by atoms with Gasteiger partial charge in [-0.15, -0.1) is 0 Å². The van der Waals surface area contributed by atoms with Crippen LogP contribution in [0.1, 0.15) is 20.3 Å². The van der Waals surface area contributed by atoms with Gasteiger partial charge >= 0.3 is 0 Å². The van der Waals surface area contributed by atoms with E-state index in [0.717, 1.165) is 0 Å². The third kappa shape index (κ3) is 3.23. The molecule has 4 heterocycles. The number of nitrogens with zero attached hydrogens (tertiary/aromatic N) is 5. The number of imidazole rings is 1. The zero-order valence-corrected chi connectivity index (χ0v) is 18.6. The molecule has 0 radical (unpaired) electrons. The van der Waals surface area contributed by atoms with Crippen LogP contribution in [0, 0.1) is 17.2 Å². The summed E-state index contributed by atoms with van der Waals surface area (Å²) in [5.41, 5.74) is 2.40. The normalized spacial score (nSPS) is 21.4. The summed E-state index contributed by atoms with van der Waals surface area (Å²) in [4.78, 5) is 22.7. The summed E-state index contributed by atoms with van der Waals surface area (Å²) in [5, 5.41) is 10.3. The summed E-state index contributed by atoms with van der Waals surface area (Å²) in [6, 6.07) is 0. The molecule has 0 bridgehead atoms. The van der Waals surface area contributed by atoms with Crippen LogP contribution < -0.4 is 10.2 Å². The van der Waals surface area contributed by atoms with Crippen LogP contribution in [0.3, 0.4) is 0 Å². The molecule has 6 rings (SSSR count). The molecule has 11 heteroatoms. The Morgan fingerprint density at radius 1 is 1.30 bits per heavy atom. The second kappa shape index (κ2) is 6.86. The largest absolute Gasteiger partial charge is 0.366 e. The molecule has 2 fully saturated rings. The second-order valence-electron chi connectivity index (χ2n) is 9.54. The standard InChI is InChI=1S/C22H20ClF2N7O/c1-22(2)8-32(9-22)20-18(25)17(23)16(11-4-27-30-19(11)20)13-6-31-7-14(28-15(31)5-26-13)29-21(33)10-3-12(10)24/h4-7,10,12H,3,8-9H2,1-2H3,(H,27,30)(H,29,33)/t10-,12+/m1/s1. The lowest BCUT2D eigenvalue weighted by molar-refractivity contribution is -0.117. The van der Waals surface area contributed by atoms with Gasteiger partial charge in [0.2, 0.25) is 5.91 Å². The highest BCUT2D eigenvalue weighted by atomic mass is 35.5. The first-order valence-electron chi connectivity index (χ1n) is 10.6. The molecule has 2 N–H and O–H groups in total. The van der Waals surface area contributed by atoms with Gasteiger partial charge in [-0.3, -0.25) is 14.9 Å². The van der Waals surface area contributed by atoms with Crippen LogP contribution in [0.5, 0.6) is 0 Å². The first kappa shape index (κ1) is 20.3. The molecule has 1 saturated carbocycles. The van der Waals surface area contributed by atoms with Crippen LogP contribution in [0.15, 0.2) is 24.8 Å². The van der Waals surface area contributed by atoms with Crippen LogP contribution >= 0.6 is 11.6 Å².